The number of benzene rings is 1. The van der Waals surface area contributed by atoms with Gasteiger partial charge < -0.3 is 25.2 Å². The Hall–Kier alpha value is -4.16. The Labute approximate surface area is 227 Å². The van der Waals surface area contributed by atoms with Gasteiger partial charge in [0.25, 0.3) is 0 Å². The average Bonchev–Trinajstić information content (AvgIpc) is 3.44. The molecule has 2 atom stereocenters. The fourth-order valence-electron chi connectivity index (χ4n) is 4.86. The molecule has 0 saturated carbocycles. The smallest absolute Gasteiger partial charge is 0.232 e. The largest absolute Gasteiger partial charge is 0.374 e. The number of morpholine rings is 1. The third kappa shape index (κ3) is 6.13. The first-order valence-corrected chi connectivity index (χ1v) is 13.4. The van der Waals surface area contributed by atoms with Crippen LogP contribution in [0.25, 0.3) is 0 Å². The maximum atomic E-state index is 5.77. The van der Waals surface area contributed by atoms with Crippen molar-refractivity contribution in [3.8, 4) is 0 Å². The van der Waals surface area contributed by atoms with Crippen LogP contribution in [0, 0.1) is 0 Å². The third-order valence-electron chi connectivity index (χ3n) is 7.15. The van der Waals surface area contributed by atoms with Crippen LogP contribution >= 0.6 is 0 Å². The van der Waals surface area contributed by atoms with Crippen LogP contribution in [0.5, 0.6) is 0 Å². The van der Waals surface area contributed by atoms with Crippen molar-refractivity contribution >= 4 is 23.5 Å². The van der Waals surface area contributed by atoms with Gasteiger partial charge in [0.2, 0.25) is 17.8 Å². The van der Waals surface area contributed by atoms with Crippen molar-refractivity contribution in [2.45, 2.75) is 25.5 Å². The van der Waals surface area contributed by atoms with E-state index in [1.807, 2.05) is 29.3 Å². The first kappa shape index (κ1) is 25.1. The summed E-state index contributed by atoms with van der Waals surface area (Å²) in [6.45, 7) is 8.43. The monoisotopic (exact) mass is 527 g/mol. The third-order valence-corrected chi connectivity index (χ3v) is 7.15. The summed E-state index contributed by atoms with van der Waals surface area (Å²) in [6.07, 6.45) is 9.25. The van der Waals surface area contributed by atoms with Gasteiger partial charge in [0.15, 0.2) is 0 Å². The zero-order valence-corrected chi connectivity index (χ0v) is 22.0. The predicted octanol–water partition coefficient (Wildman–Crippen LogP) is 2.07. The molecular formula is C27H33N11O. The van der Waals surface area contributed by atoms with E-state index in [0.717, 1.165) is 63.1 Å². The van der Waals surface area contributed by atoms with E-state index < -0.39 is 0 Å². The van der Waals surface area contributed by atoms with Gasteiger partial charge in [0.1, 0.15) is 6.33 Å². The Morgan fingerprint density at radius 3 is 2.46 bits per heavy atom. The fourth-order valence-corrected chi connectivity index (χ4v) is 4.86. The standard InChI is InChI=1S/C27H33N11O/c1-20(21-5-3-2-4-6-21)22-13-29-26(30-14-22)36-8-10-37(11-9-36)27-32-19-31-25(35-27)34-23-15-33-38(17-23)18-24-16-28-7-12-39-24/h2-6,13-15,17,19-20,24,28H,7-12,16,18H2,1H3,(H,31,32,34,35)/t20-,24+/m1/s1. The summed E-state index contributed by atoms with van der Waals surface area (Å²) in [7, 11) is 0. The zero-order chi connectivity index (χ0) is 26.4. The minimum absolute atomic E-state index is 0.120. The van der Waals surface area contributed by atoms with Gasteiger partial charge in [-0.1, -0.05) is 37.3 Å². The molecule has 0 bridgehead atoms. The molecule has 39 heavy (non-hydrogen) atoms. The second-order valence-corrected chi connectivity index (χ2v) is 9.80. The molecule has 0 unspecified atom stereocenters. The van der Waals surface area contributed by atoms with Crippen LogP contribution in [0.15, 0.2) is 61.4 Å². The van der Waals surface area contributed by atoms with E-state index >= 15 is 0 Å². The van der Waals surface area contributed by atoms with Crippen LogP contribution < -0.4 is 20.4 Å². The molecule has 12 heteroatoms. The Morgan fingerprint density at radius 2 is 1.72 bits per heavy atom. The van der Waals surface area contributed by atoms with E-state index in [9.17, 15) is 0 Å². The summed E-state index contributed by atoms with van der Waals surface area (Å²) >= 11 is 0. The van der Waals surface area contributed by atoms with Crippen molar-refractivity contribution in [2.24, 2.45) is 0 Å². The molecule has 2 N–H and O–H groups in total. The summed E-state index contributed by atoms with van der Waals surface area (Å²) in [5.74, 6) is 2.14. The summed E-state index contributed by atoms with van der Waals surface area (Å²) in [6, 6.07) is 10.4. The van der Waals surface area contributed by atoms with Crippen LogP contribution in [0.2, 0.25) is 0 Å². The van der Waals surface area contributed by atoms with E-state index in [4.69, 9.17) is 4.74 Å². The van der Waals surface area contributed by atoms with Crippen LogP contribution in [-0.4, -0.2) is 86.7 Å². The molecule has 2 saturated heterocycles. The molecule has 2 fully saturated rings. The highest BCUT2D eigenvalue weighted by Crippen LogP contribution is 2.24. The van der Waals surface area contributed by atoms with Crippen molar-refractivity contribution in [1.29, 1.82) is 0 Å². The van der Waals surface area contributed by atoms with Crippen molar-refractivity contribution in [1.82, 2.24) is 40.0 Å². The van der Waals surface area contributed by atoms with Gasteiger partial charge >= 0.3 is 0 Å². The normalized spacial score (nSPS) is 18.6. The molecule has 5 heterocycles. The maximum Gasteiger partial charge on any atom is 0.232 e. The molecule has 1 aromatic carbocycles. The number of anilines is 4. The van der Waals surface area contributed by atoms with Crippen LogP contribution in [-0.2, 0) is 11.3 Å². The summed E-state index contributed by atoms with van der Waals surface area (Å²) in [5.41, 5.74) is 3.19. The lowest BCUT2D eigenvalue weighted by Crippen LogP contribution is -2.47. The number of hydrogen-bond acceptors (Lipinski definition) is 11. The molecule has 0 amide bonds. The molecule has 6 rings (SSSR count). The number of ether oxygens (including phenoxy) is 1. The van der Waals surface area contributed by atoms with Crippen LogP contribution in [0.4, 0.5) is 23.5 Å². The van der Waals surface area contributed by atoms with E-state index in [-0.39, 0.29) is 12.0 Å². The Kier molecular flexibility index (Phi) is 7.54. The van der Waals surface area contributed by atoms with Gasteiger partial charge in [0.05, 0.1) is 31.1 Å². The Bertz CT molecular complexity index is 1330. The minimum atomic E-state index is 0.120. The predicted molar refractivity (Wildman–Crippen MR) is 148 cm³/mol. The van der Waals surface area contributed by atoms with E-state index in [1.54, 1.807) is 12.5 Å². The van der Waals surface area contributed by atoms with Crippen molar-refractivity contribution in [3.05, 3.63) is 72.6 Å². The first-order chi connectivity index (χ1) is 19.2. The van der Waals surface area contributed by atoms with Gasteiger partial charge in [-0.05, 0) is 11.1 Å². The SMILES string of the molecule is C[C@H](c1ccccc1)c1cnc(N2CCN(c3ncnc(Nc4cnn(C[C@@H]5CNCCO5)c4)n3)CC2)nc1. The highest BCUT2D eigenvalue weighted by Gasteiger charge is 2.22. The van der Waals surface area contributed by atoms with E-state index in [0.29, 0.717) is 18.4 Å². The fraction of sp³-hybridized carbons (Fsp3) is 0.407. The number of nitrogens with zero attached hydrogens (tertiary/aromatic N) is 9. The summed E-state index contributed by atoms with van der Waals surface area (Å²) < 4.78 is 7.64. The van der Waals surface area contributed by atoms with Crippen molar-refractivity contribution < 1.29 is 4.74 Å². The van der Waals surface area contributed by atoms with Gasteiger partial charge in [-0.25, -0.2) is 19.9 Å². The molecule has 0 spiro atoms. The van der Waals surface area contributed by atoms with Crippen molar-refractivity contribution in [2.75, 3.05) is 61.0 Å². The number of hydrogen-bond donors (Lipinski definition) is 2. The van der Waals surface area contributed by atoms with Gasteiger partial charge in [-0.3, -0.25) is 4.68 Å². The lowest BCUT2D eigenvalue weighted by Gasteiger charge is -2.34. The molecule has 2 aliphatic heterocycles. The summed E-state index contributed by atoms with van der Waals surface area (Å²) in [5, 5.41) is 11.0. The van der Waals surface area contributed by atoms with Crippen LogP contribution in [0.1, 0.15) is 24.0 Å². The number of nitrogens with one attached hydrogen (secondary N) is 2. The molecule has 0 aliphatic carbocycles. The molecule has 0 radical (unpaired) electrons. The zero-order valence-electron chi connectivity index (χ0n) is 22.0. The molecule has 3 aromatic heterocycles. The topological polar surface area (TPSA) is 122 Å². The van der Waals surface area contributed by atoms with Gasteiger partial charge in [-0.2, -0.15) is 10.1 Å². The quantitative estimate of drug-likeness (QED) is 0.350. The van der Waals surface area contributed by atoms with Gasteiger partial charge in [0, 0.05) is 63.8 Å². The number of piperazine rings is 1. The number of aromatic nitrogens is 7. The first-order valence-electron chi connectivity index (χ1n) is 13.4. The van der Waals surface area contributed by atoms with Crippen LogP contribution in [0.3, 0.4) is 0 Å². The maximum absolute atomic E-state index is 5.77. The van der Waals surface area contributed by atoms with E-state index in [1.165, 1.54) is 5.56 Å². The molecule has 4 aromatic rings. The highest BCUT2D eigenvalue weighted by molar-refractivity contribution is 5.51. The van der Waals surface area contributed by atoms with Gasteiger partial charge in [-0.15, -0.1) is 0 Å². The second kappa shape index (κ2) is 11.7. The van der Waals surface area contributed by atoms with Crippen molar-refractivity contribution in [3.63, 3.8) is 0 Å². The molecule has 202 valence electrons. The minimum Gasteiger partial charge on any atom is -0.374 e. The average molecular weight is 528 g/mol. The molecule has 2 aliphatic rings. The van der Waals surface area contributed by atoms with E-state index in [2.05, 4.69) is 81.6 Å². The number of rotatable bonds is 8. The molecule has 12 nitrogen and oxygen atoms in total. The summed E-state index contributed by atoms with van der Waals surface area (Å²) in [4.78, 5) is 27.1. The lowest BCUT2D eigenvalue weighted by molar-refractivity contribution is 0.0161. The highest BCUT2D eigenvalue weighted by atomic mass is 16.5. The lowest BCUT2D eigenvalue weighted by atomic mass is 9.96. The Balaban J connectivity index is 1.03. The second-order valence-electron chi connectivity index (χ2n) is 9.80. The molecular weight excluding hydrogens is 494 g/mol. The Morgan fingerprint density at radius 1 is 0.949 bits per heavy atom.